The molecular formula is C13H9N3O2. The highest BCUT2D eigenvalue weighted by Crippen LogP contribution is 2.17. The molecule has 3 rings (SSSR count). The lowest BCUT2D eigenvalue weighted by molar-refractivity contribution is 0.112. The van der Waals surface area contributed by atoms with E-state index in [4.69, 9.17) is 0 Å². The van der Waals surface area contributed by atoms with Gasteiger partial charge in [0.05, 0.1) is 23.1 Å². The number of pyridine rings is 1. The van der Waals surface area contributed by atoms with Crippen molar-refractivity contribution in [3.63, 3.8) is 0 Å². The third kappa shape index (κ3) is 1.45. The van der Waals surface area contributed by atoms with E-state index in [0.717, 1.165) is 5.52 Å². The first-order valence-corrected chi connectivity index (χ1v) is 5.40. The first-order chi connectivity index (χ1) is 8.81. The number of H-pyrrole nitrogens is 1. The van der Waals surface area contributed by atoms with Crippen molar-refractivity contribution < 1.29 is 4.79 Å². The Labute approximate surface area is 102 Å². The molecule has 5 nitrogen and oxygen atoms in total. The second-order valence-corrected chi connectivity index (χ2v) is 3.83. The maximum atomic E-state index is 12.1. The lowest BCUT2D eigenvalue weighted by Crippen LogP contribution is -2.21. The lowest BCUT2D eigenvalue weighted by atomic mass is 10.2. The van der Waals surface area contributed by atoms with E-state index in [9.17, 15) is 9.59 Å². The number of imidazole rings is 1. The molecule has 5 heteroatoms. The van der Waals surface area contributed by atoms with Crippen molar-refractivity contribution in [3.05, 3.63) is 58.8 Å². The Balaban J connectivity index is 2.36. The number of aldehydes is 1. The monoisotopic (exact) mass is 239 g/mol. The third-order valence-corrected chi connectivity index (χ3v) is 2.79. The fourth-order valence-corrected chi connectivity index (χ4v) is 1.93. The van der Waals surface area contributed by atoms with E-state index in [1.807, 2.05) is 12.1 Å². The second-order valence-electron chi connectivity index (χ2n) is 3.83. The molecule has 0 saturated carbocycles. The van der Waals surface area contributed by atoms with Crippen LogP contribution in [0.4, 0.5) is 0 Å². The smallest absolute Gasteiger partial charge is 0.265 e. The average molecular weight is 239 g/mol. The predicted molar refractivity (Wildman–Crippen MR) is 67.1 cm³/mol. The van der Waals surface area contributed by atoms with Crippen LogP contribution in [0.15, 0.2) is 47.7 Å². The number of benzene rings is 1. The highest BCUT2D eigenvalue weighted by Gasteiger charge is 2.08. The van der Waals surface area contributed by atoms with E-state index in [-0.39, 0.29) is 11.1 Å². The van der Waals surface area contributed by atoms with E-state index in [1.54, 1.807) is 24.7 Å². The molecule has 2 aromatic heterocycles. The molecular weight excluding hydrogens is 230 g/mol. The van der Waals surface area contributed by atoms with Gasteiger partial charge in [-0.25, -0.2) is 4.98 Å². The summed E-state index contributed by atoms with van der Waals surface area (Å²) in [6.45, 7) is 0. The number of hydrogen-bond donors (Lipinski definition) is 1. The summed E-state index contributed by atoms with van der Waals surface area (Å²) in [7, 11) is 0. The molecule has 18 heavy (non-hydrogen) atoms. The molecule has 88 valence electrons. The van der Waals surface area contributed by atoms with Crippen molar-refractivity contribution in [2.24, 2.45) is 0 Å². The fraction of sp³-hybridized carbons (Fsp3) is 0. The Hall–Kier alpha value is -2.69. The van der Waals surface area contributed by atoms with Gasteiger partial charge < -0.3 is 4.98 Å². The summed E-state index contributed by atoms with van der Waals surface area (Å²) < 4.78 is 1.42. The van der Waals surface area contributed by atoms with Crippen molar-refractivity contribution in [1.29, 1.82) is 0 Å². The van der Waals surface area contributed by atoms with Gasteiger partial charge in [0.1, 0.15) is 5.52 Å². The minimum Gasteiger partial charge on any atom is -0.345 e. The Bertz CT molecular complexity index is 786. The Morgan fingerprint density at radius 3 is 2.94 bits per heavy atom. The van der Waals surface area contributed by atoms with Crippen molar-refractivity contribution in [1.82, 2.24) is 14.5 Å². The summed E-state index contributed by atoms with van der Waals surface area (Å²) in [4.78, 5) is 30.0. The number of rotatable bonds is 2. The van der Waals surface area contributed by atoms with Gasteiger partial charge >= 0.3 is 0 Å². The van der Waals surface area contributed by atoms with Crippen LogP contribution in [0.5, 0.6) is 0 Å². The van der Waals surface area contributed by atoms with Crippen LogP contribution in [-0.2, 0) is 0 Å². The van der Waals surface area contributed by atoms with Crippen LogP contribution in [0.2, 0.25) is 0 Å². The van der Waals surface area contributed by atoms with Gasteiger partial charge in [-0.3, -0.25) is 14.2 Å². The molecule has 0 aliphatic heterocycles. The minimum absolute atomic E-state index is 0.130. The molecule has 0 saturated heterocycles. The van der Waals surface area contributed by atoms with Crippen LogP contribution in [0.25, 0.3) is 16.7 Å². The van der Waals surface area contributed by atoms with E-state index in [0.29, 0.717) is 17.5 Å². The molecule has 0 bridgehead atoms. The van der Waals surface area contributed by atoms with Gasteiger partial charge in [0.25, 0.3) is 5.56 Å². The quantitative estimate of drug-likeness (QED) is 0.689. The van der Waals surface area contributed by atoms with E-state index >= 15 is 0 Å². The molecule has 2 heterocycles. The number of fused-ring (bicyclic) bond motifs is 1. The molecule has 0 unspecified atom stereocenters. The normalized spacial score (nSPS) is 10.7. The molecule has 0 fully saturated rings. The Morgan fingerprint density at radius 2 is 2.11 bits per heavy atom. The zero-order valence-electron chi connectivity index (χ0n) is 9.33. The van der Waals surface area contributed by atoms with Crippen LogP contribution < -0.4 is 5.56 Å². The molecule has 0 spiro atoms. The maximum Gasteiger partial charge on any atom is 0.265 e. The van der Waals surface area contributed by atoms with E-state index in [1.165, 1.54) is 10.6 Å². The molecule has 1 N–H and O–H groups in total. The predicted octanol–water partition coefficient (Wildman–Crippen LogP) is 1.53. The zero-order valence-corrected chi connectivity index (χ0v) is 9.33. The Morgan fingerprint density at radius 1 is 1.22 bits per heavy atom. The number of aromatic amines is 1. The molecule has 0 radical (unpaired) electrons. The number of nitrogens with zero attached hydrogens (tertiary/aromatic N) is 2. The highest BCUT2D eigenvalue weighted by molar-refractivity contribution is 5.83. The third-order valence-electron chi connectivity index (χ3n) is 2.79. The average Bonchev–Trinajstić information content (AvgIpc) is 2.87. The summed E-state index contributed by atoms with van der Waals surface area (Å²) in [5, 5.41) is 0. The van der Waals surface area contributed by atoms with Gasteiger partial charge in [0, 0.05) is 6.20 Å². The van der Waals surface area contributed by atoms with Crippen LogP contribution in [0.1, 0.15) is 10.4 Å². The van der Waals surface area contributed by atoms with Crippen molar-refractivity contribution in [2.75, 3.05) is 0 Å². The topological polar surface area (TPSA) is 67.8 Å². The number of para-hydroxylation sites is 1. The van der Waals surface area contributed by atoms with Crippen LogP contribution >= 0.6 is 0 Å². The Kier molecular flexibility index (Phi) is 2.30. The van der Waals surface area contributed by atoms with Crippen LogP contribution in [-0.4, -0.2) is 20.8 Å². The molecule has 0 amide bonds. The molecule has 0 aliphatic carbocycles. The second kappa shape index (κ2) is 3.96. The summed E-state index contributed by atoms with van der Waals surface area (Å²) in [5.74, 6) is 0. The maximum absolute atomic E-state index is 12.1. The van der Waals surface area contributed by atoms with Crippen molar-refractivity contribution in [2.45, 2.75) is 0 Å². The van der Waals surface area contributed by atoms with Gasteiger partial charge in [0.2, 0.25) is 0 Å². The lowest BCUT2D eigenvalue weighted by Gasteiger charge is -2.06. The summed E-state index contributed by atoms with van der Waals surface area (Å²) in [6.07, 6.45) is 3.76. The van der Waals surface area contributed by atoms with Gasteiger partial charge in [-0.05, 0) is 24.3 Å². The zero-order chi connectivity index (χ0) is 12.5. The summed E-state index contributed by atoms with van der Waals surface area (Å²) in [6, 6.07) is 8.66. The molecule has 0 atom stereocenters. The van der Waals surface area contributed by atoms with Crippen LogP contribution in [0.3, 0.4) is 0 Å². The van der Waals surface area contributed by atoms with Gasteiger partial charge in [-0.2, -0.15) is 0 Å². The van der Waals surface area contributed by atoms with Gasteiger partial charge in [-0.1, -0.05) is 6.07 Å². The first-order valence-electron chi connectivity index (χ1n) is 5.40. The fourth-order valence-electron chi connectivity index (χ4n) is 1.93. The molecule has 0 aliphatic rings. The first kappa shape index (κ1) is 10.5. The SMILES string of the molecule is O=Cc1cccn(-c2cccc3[nH]cnc23)c1=O. The van der Waals surface area contributed by atoms with Crippen molar-refractivity contribution >= 4 is 17.3 Å². The molecule has 1 aromatic carbocycles. The van der Waals surface area contributed by atoms with Crippen LogP contribution in [0, 0.1) is 0 Å². The van der Waals surface area contributed by atoms with Crippen molar-refractivity contribution in [3.8, 4) is 5.69 Å². The molecule has 3 aromatic rings. The standard InChI is InChI=1S/C13H9N3O2/c17-7-9-3-2-6-16(13(9)18)11-5-1-4-10-12(11)15-8-14-10/h1-8H,(H,14,15). The van der Waals surface area contributed by atoms with Gasteiger partial charge in [0.15, 0.2) is 6.29 Å². The van der Waals surface area contributed by atoms with E-state index in [2.05, 4.69) is 9.97 Å². The number of carbonyl (C=O) groups is 1. The number of hydrogen-bond acceptors (Lipinski definition) is 3. The highest BCUT2D eigenvalue weighted by atomic mass is 16.1. The minimum atomic E-state index is -0.344. The number of nitrogens with one attached hydrogen (secondary N) is 1. The van der Waals surface area contributed by atoms with Gasteiger partial charge in [-0.15, -0.1) is 0 Å². The van der Waals surface area contributed by atoms with E-state index < -0.39 is 0 Å². The summed E-state index contributed by atoms with van der Waals surface area (Å²) in [5.41, 5.74) is 1.98. The number of aromatic nitrogens is 3. The largest absolute Gasteiger partial charge is 0.345 e. The number of carbonyl (C=O) groups excluding carboxylic acids is 1. The summed E-state index contributed by atoms with van der Waals surface area (Å²) >= 11 is 0.